The minimum absolute atomic E-state index is 0.0335. The van der Waals surface area contributed by atoms with E-state index in [-0.39, 0.29) is 23.9 Å². The van der Waals surface area contributed by atoms with E-state index in [1.807, 2.05) is 24.8 Å². The zero-order chi connectivity index (χ0) is 19.1. The first-order valence-electron chi connectivity index (χ1n) is 9.31. The maximum atomic E-state index is 13.2. The van der Waals surface area contributed by atoms with Gasteiger partial charge in [-0.3, -0.25) is 24.5 Å². The summed E-state index contributed by atoms with van der Waals surface area (Å²) in [6.45, 7) is 4.54. The zero-order valence-corrected chi connectivity index (χ0v) is 15.9. The Hall–Kier alpha value is -2.90. The highest BCUT2D eigenvalue weighted by Crippen LogP contribution is 2.31. The van der Waals surface area contributed by atoms with Crippen molar-refractivity contribution in [3.8, 4) is 0 Å². The molecule has 0 saturated carbocycles. The highest BCUT2D eigenvalue weighted by Gasteiger charge is 2.29. The van der Waals surface area contributed by atoms with Crippen molar-refractivity contribution in [3.05, 3.63) is 45.1 Å². The summed E-state index contributed by atoms with van der Waals surface area (Å²) in [7, 11) is 1.77. The Labute approximate surface area is 156 Å². The second-order valence-electron chi connectivity index (χ2n) is 7.29. The van der Waals surface area contributed by atoms with E-state index in [0.717, 1.165) is 48.3 Å². The molecule has 142 valence electrons. The minimum atomic E-state index is -0.167. The lowest BCUT2D eigenvalue weighted by atomic mass is 9.96. The van der Waals surface area contributed by atoms with Crippen molar-refractivity contribution < 1.29 is 4.79 Å². The fourth-order valence-corrected chi connectivity index (χ4v) is 4.17. The molecule has 0 radical (unpaired) electrons. The Morgan fingerprint density at radius 2 is 2.15 bits per heavy atom. The van der Waals surface area contributed by atoms with Gasteiger partial charge in [0.2, 0.25) is 5.91 Å². The van der Waals surface area contributed by atoms with Crippen molar-refractivity contribution in [1.29, 1.82) is 0 Å². The molecule has 1 atom stereocenters. The van der Waals surface area contributed by atoms with Crippen LogP contribution in [0.25, 0.3) is 11.0 Å². The van der Waals surface area contributed by atoms with E-state index in [1.165, 1.54) is 0 Å². The molecular weight excluding hydrogens is 344 g/mol. The zero-order valence-electron chi connectivity index (χ0n) is 15.9. The molecule has 8 nitrogen and oxygen atoms in total. The Bertz CT molecular complexity index is 1050. The van der Waals surface area contributed by atoms with E-state index in [4.69, 9.17) is 0 Å². The maximum absolute atomic E-state index is 13.2. The molecule has 0 spiro atoms. The Balaban J connectivity index is 1.68. The average Bonchev–Trinajstić information content (AvgIpc) is 3.27. The summed E-state index contributed by atoms with van der Waals surface area (Å²) < 4.78 is 1.63. The molecule has 1 saturated heterocycles. The number of aromatic amines is 2. The highest BCUT2D eigenvalue weighted by molar-refractivity contribution is 5.85. The van der Waals surface area contributed by atoms with E-state index in [1.54, 1.807) is 17.9 Å². The molecule has 8 heteroatoms. The molecule has 4 heterocycles. The van der Waals surface area contributed by atoms with Crippen LogP contribution < -0.4 is 5.56 Å². The van der Waals surface area contributed by atoms with Crippen molar-refractivity contribution in [3.63, 3.8) is 0 Å². The molecule has 0 aromatic carbocycles. The van der Waals surface area contributed by atoms with Crippen molar-refractivity contribution >= 4 is 16.9 Å². The van der Waals surface area contributed by atoms with E-state index in [2.05, 4.69) is 20.3 Å². The van der Waals surface area contributed by atoms with Gasteiger partial charge in [0, 0.05) is 25.5 Å². The van der Waals surface area contributed by atoms with E-state index in [9.17, 15) is 9.59 Å². The maximum Gasteiger partial charge on any atom is 0.273 e. The number of likely N-dealkylation sites (tertiary alicyclic amines) is 1. The fourth-order valence-electron chi connectivity index (χ4n) is 4.17. The number of rotatable bonds is 3. The molecule has 0 bridgehead atoms. The Morgan fingerprint density at radius 1 is 1.33 bits per heavy atom. The predicted octanol–water partition coefficient (Wildman–Crippen LogP) is 1.90. The molecule has 1 aliphatic rings. The van der Waals surface area contributed by atoms with Crippen LogP contribution in [0.5, 0.6) is 0 Å². The number of aryl methyl sites for hydroxylation is 3. The van der Waals surface area contributed by atoms with Gasteiger partial charge in [-0.2, -0.15) is 5.10 Å². The van der Waals surface area contributed by atoms with Gasteiger partial charge in [-0.25, -0.2) is 4.98 Å². The lowest BCUT2D eigenvalue weighted by Gasteiger charge is -2.35. The van der Waals surface area contributed by atoms with Gasteiger partial charge in [-0.15, -0.1) is 0 Å². The van der Waals surface area contributed by atoms with Crippen LogP contribution in [-0.2, 0) is 18.3 Å². The van der Waals surface area contributed by atoms with Crippen molar-refractivity contribution in [2.75, 3.05) is 6.54 Å². The summed E-state index contributed by atoms with van der Waals surface area (Å²) in [6.07, 6.45) is 5.00. The van der Waals surface area contributed by atoms with Crippen LogP contribution in [0, 0.1) is 13.8 Å². The van der Waals surface area contributed by atoms with Gasteiger partial charge >= 0.3 is 0 Å². The van der Waals surface area contributed by atoms with Crippen molar-refractivity contribution in [2.24, 2.45) is 7.05 Å². The van der Waals surface area contributed by atoms with E-state index in [0.29, 0.717) is 11.0 Å². The molecule has 2 N–H and O–H groups in total. The van der Waals surface area contributed by atoms with Gasteiger partial charge in [0.15, 0.2) is 5.65 Å². The summed E-state index contributed by atoms with van der Waals surface area (Å²) >= 11 is 0. The minimum Gasteiger partial charge on any atom is -0.334 e. The first-order valence-corrected chi connectivity index (χ1v) is 9.31. The second kappa shape index (κ2) is 6.68. The number of pyridine rings is 1. The number of hydrogen-bond acceptors (Lipinski definition) is 4. The molecule has 1 fully saturated rings. The average molecular weight is 368 g/mol. The number of nitrogens with zero attached hydrogens (tertiary/aromatic N) is 4. The summed E-state index contributed by atoms with van der Waals surface area (Å²) in [5.74, 6) is 0.0639. The number of H-pyrrole nitrogens is 2. The third-order valence-electron chi connectivity index (χ3n) is 5.61. The van der Waals surface area contributed by atoms with Crippen LogP contribution in [-0.4, -0.2) is 42.3 Å². The van der Waals surface area contributed by atoms with E-state index < -0.39 is 0 Å². The Morgan fingerprint density at radius 3 is 2.89 bits per heavy atom. The Kier molecular flexibility index (Phi) is 4.33. The second-order valence-corrected chi connectivity index (χ2v) is 7.29. The third-order valence-corrected chi connectivity index (χ3v) is 5.61. The van der Waals surface area contributed by atoms with Crippen molar-refractivity contribution in [2.45, 2.75) is 45.6 Å². The van der Waals surface area contributed by atoms with Gasteiger partial charge in [-0.05, 0) is 50.3 Å². The SMILES string of the molecule is Cc1nc2c(c(C)c1CC(=O)N1CCCCC1c1ccn[nH]1)c(=O)[nH]n2C. The molecule has 3 aromatic heterocycles. The number of hydrogen-bond donors (Lipinski definition) is 2. The number of nitrogens with one attached hydrogen (secondary N) is 2. The summed E-state index contributed by atoms with van der Waals surface area (Å²) in [5.41, 5.74) is 3.91. The van der Waals surface area contributed by atoms with Crippen molar-refractivity contribution in [1.82, 2.24) is 29.9 Å². The first-order chi connectivity index (χ1) is 13.0. The van der Waals surface area contributed by atoms with Gasteiger partial charge in [-0.1, -0.05) is 0 Å². The van der Waals surface area contributed by atoms with Crippen LogP contribution in [0.4, 0.5) is 0 Å². The normalized spacial score (nSPS) is 17.6. The molecule has 1 amide bonds. The van der Waals surface area contributed by atoms with Crippen LogP contribution in [0.1, 0.15) is 47.8 Å². The predicted molar refractivity (Wildman–Crippen MR) is 101 cm³/mol. The van der Waals surface area contributed by atoms with Crippen LogP contribution in [0.2, 0.25) is 0 Å². The highest BCUT2D eigenvalue weighted by atomic mass is 16.2. The number of amides is 1. The molecule has 1 aliphatic heterocycles. The monoisotopic (exact) mass is 368 g/mol. The standard InChI is InChI=1S/C19H24N6O2/c1-11-13(12(2)21-18-17(11)19(27)23-24(18)3)10-16(26)25-9-5-4-6-15(25)14-7-8-20-22-14/h7-8,15H,4-6,9-10H2,1-3H3,(H,20,22)(H,23,27). The van der Waals surface area contributed by atoms with Gasteiger partial charge in [0.1, 0.15) is 0 Å². The first kappa shape index (κ1) is 17.5. The molecule has 3 aromatic rings. The smallest absolute Gasteiger partial charge is 0.273 e. The summed E-state index contributed by atoms with van der Waals surface area (Å²) in [4.78, 5) is 31.9. The molecule has 1 unspecified atom stereocenters. The van der Waals surface area contributed by atoms with Gasteiger partial charge < -0.3 is 4.90 Å². The third kappa shape index (κ3) is 2.94. The molecule has 0 aliphatic carbocycles. The molecule has 27 heavy (non-hydrogen) atoms. The molecule has 4 rings (SSSR count). The number of carbonyl (C=O) groups is 1. The summed E-state index contributed by atoms with van der Waals surface area (Å²) in [5, 5.41) is 10.4. The van der Waals surface area contributed by atoms with Gasteiger partial charge in [0.25, 0.3) is 5.56 Å². The number of piperidine rings is 1. The van der Waals surface area contributed by atoms with Crippen LogP contribution in [0.3, 0.4) is 0 Å². The van der Waals surface area contributed by atoms with E-state index >= 15 is 0 Å². The van der Waals surface area contributed by atoms with Crippen LogP contribution >= 0.6 is 0 Å². The summed E-state index contributed by atoms with van der Waals surface area (Å²) in [6, 6.07) is 1.97. The fraction of sp³-hybridized carbons (Fsp3) is 0.474. The quantitative estimate of drug-likeness (QED) is 0.737. The lowest BCUT2D eigenvalue weighted by molar-refractivity contribution is -0.134. The number of aromatic nitrogens is 5. The van der Waals surface area contributed by atoms with Gasteiger partial charge in [0.05, 0.1) is 23.5 Å². The number of fused-ring (bicyclic) bond motifs is 1. The number of carbonyl (C=O) groups excluding carboxylic acids is 1. The van der Waals surface area contributed by atoms with Crippen LogP contribution in [0.15, 0.2) is 17.1 Å². The largest absolute Gasteiger partial charge is 0.334 e. The molecular formula is C19H24N6O2. The topological polar surface area (TPSA) is 99.7 Å². The lowest BCUT2D eigenvalue weighted by Crippen LogP contribution is -2.39.